The first-order valence-corrected chi connectivity index (χ1v) is 9.42. The number of rotatable bonds is 3. The Morgan fingerprint density at radius 2 is 1.74 bits per heavy atom. The van der Waals surface area contributed by atoms with Crippen LogP contribution < -0.4 is 10.6 Å². The number of nitrogens with zero attached hydrogens (tertiary/aromatic N) is 3. The zero-order valence-corrected chi connectivity index (χ0v) is 15.4. The van der Waals surface area contributed by atoms with Crippen molar-refractivity contribution >= 4 is 29.1 Å². The summed E-state index contributed by atoms with van der Waals surface area (Å²) in [6, 6.07) is 7.08. The average Bonchev–Trinajstić information content (AvgIpc) is 2.95. The minimum absolute atomic E-state index is 0.0362. The fraction of sp³-hybridized carbons (Fsp3) is 0.368. The molecule has 2 N–H and O–H groups in total. The third-order valence-corrected chi connectivity index (χ3v) is 5.36. The Morgan fingerprint density at radius 1 is 1.04 bits per heavy atom. The van der Waals surface area contributed by atoms with Crippen LogP contribution in [0.2, 0.25) is 5.02 Å². The van der Waals surface area contributed by atoms with Crippen LogP contribution in [0.4, 0.5) is 5.69 Å². The molecule has 2 bridgehead atoms. The van der Waals surface area contributed by atoms with Crippen molar-refractivity contribution in [3.05, 3.63) is 53.1 Å². The Labute approximate surface area is 162 Å². The van der Waals surface area contributed by atoms with Gasteiger partial charge < -0.3 is 15.5 Å². The zero-order valence-electron chi connectivity index (χ0n) is 14.7. The second kappa shape index (κ2) is 7.62. The fourth-order valence-corrected chi connectivity index (χ4v) is 3.95. The van der Waals surface area contributed by atoms with Crippen LogP contribution in [0.15, 0.2) is 36.7 Å². The lowest BCUT2D eigenvalue weighted by atomic mass is 10.1. The summed E-state index contributed by atoms with van der Waals surface area (Å²) in [4.78, 5) is 36.2. The zero-order chi connectivity index (χ0) is 18.8. The first-order valence-electron chi connectivity index (χ1n) is 9.05. The van der Waals surface area contributed by atoms with Gasteiger partial charge in [-0.2, -0.15) is 0 Å². The van der Waals surface area contributed by atoms with Crippen molar-refractivity contribution in [1.82, 2.24) is 20.2 Å². The monoisotopic (exact) mass is 385 g/mol. The van der Waals surface area contributed by atoms with Gasteiger partial charge in [0.05, 0.1) is 0 Å². The minimum Gasteiger partial charge on any atom is -0.330 e. The van der Waals surface area contributed by atoms with Gasteiger partial charge in [0.1, 0.15) is 0 Å². The highest BCUT2D eigenvalue weighted by atomic mass is 35.5. The molecule has 2 unspecified atom stereocenters. The number of carbonyl (C=O) groups excluding carboxylic acids is 2. The maximum absolute atomic E-state index is 13.2. The van der Waals surface area contributed by atoms with Gasteiger partial charge in [-0.3, -0.25) is 9.59 Å². The molecule has 0 radical (unpaired) electrons. The van der Waals surface area contributed by atoms with Gasteiger partial charge in [0.2, 0.25) is 0 Å². The highest BCUT2D eigenvalue weighted by Crippen LogP contribution is 2.29. The van der Waals surface area contributed by atoms with E-state index in [9.17, 15) is 9.59 Å². The number of halogens is 1. The Kier molecular flexibility index (Phi) is 5.05. The van der Waals surface area contributed by atoms with Gasteiger partial charge in [-0.05, 0) is 50.1 Å². The summed E-state index contributed by atoms with van der Waals surface area (Å²) in [5.74, 6) is -0.686. The van der Waals surface area contributed by atoms with Crippen LogP contribution in [-0.2, 0) is 0 Å². The van der Waals surface area contributed by atoms with Crippen molar-refractivity contribution in [2.45, 2.75) is 31.3 Å². The Balaban J connectivity index is 1.60. The molecule has 2 aromatic rings. The molecule has 0 aliphatic carbocycles. The van der Waals surface area contributed by atoms with E-state index in [1.165, 1.54) is 12.4 Å². The van der Waals surface area contributed by atoms with Crippen molar-refractivity contribution in [2.24, 2.45) is 0 Å². The molecule has 2 aliphatic heterocycles. The van der Waals surface area contributed by atoms with E-state index in [1.54, 1.807) is 24.3 Å². The third kappa shape index (κ3) is 3.65. The van der Waals surface area contributed by atoms with E-state index < -0.39 is 5.91 Å². The van der Waals surface area contributed by atoms with Gasteiger partial charge in [0, 0.05) is 41.7 Å². The number of carbonyl (C=O) groups is 2. The molecular formula is C19H20ClN5O2. The number of anilines is 1. The molecule has 2 saturated heterocycles. The number of nitrogens with one attached hydrogen (secondary N) is 2. The van der Waals surface area contributed by atoms with Crippen molar-refractivity contribution < 1.29 is 9.59 Å². The number of hydrogen-bond acceptors (Lipinski definition) is 5. The highest BCUT2D eigenvalue weighted by Gasteiger charge is 2.40. The number of fused-ring (bicyclic) bond motifs is 2. The highest BCUT2D eigenvalue weighted by molar-refractivity contribution is 6.30. The van der Waals surface area contributed by atoms with Crippen LogP contribution in [0, 0.1) is 0 Å². The van der Waals surface area contributed by atoms with Crippen molar-refractivity contribution in [1.29, 1.82) is 0 Å². The largest absolute Gasteiger partial charge is 0.330 e. The Hall–Kier alpha value is -2.51. The quantitative estimate of drug-likeness (QED) is 0.846. The summed E-state index contributed by atoms with van der Waals surface area (Å²) in [7, 11) is 0. The van der Waals surface area contributed by atoms with Crippen molar-refractivity contribution in [3.63, 3.8) is 0 Å². The number of hydrogen-bond donors (Lipinski definition) is 2. The summed E-state index contributed by atoms with van der Waals surface area (Å²) >= 11 is 5.87. The standard InChI is InChI=1S/C19H20ClN5O2/c20-12-1-3-13(4-2-12)24-18(26)16-17(23-10-9-22-16)19(27)25-14-5-6-15(25)11-21-8-7-14/h1-4,9-10,14-15,21H,5-8,11H2,(H,24,26). The lowest BCUT2D eigenvalue weighted by molar-refractivity contribution is 0.0669. The smallest absolute Gasteiger partial charge is 0.276 e. The molecular weight excluding hydrogens is 366 g/mol. The second-order valence-corrected chi connectivity index (χ2v) is 7.24. The molecule has 1 aromatic heterocycles. The lowest BCUT2D eigenvalue weighted by Crippen LogP contribution is -2.43. The molecule has 140 valence electrons. The van der Waals surface area contributed by atoms with Gasteiger partial charge in [0.15, 0.2) is 11.4 Å². The molecule has 1 aromatic carbocycles. The normalized spacial score (nSPS) is 21.6. The molecule has 8 heteroatoms. The summed E-state index contributed by atoms with van der Waals surface area (Å²) < 4.78 is 0. The first kappa shape index (κ1) is 17.9. The van der Waals surface area contributed by atoms with Gasteiger partial charge >= 0.3 is 0 Å². The van der Waals surface area contributed by atoms with E-state index in [-0.39, 0.29) is 29.4 Å². The maximum atomic E-state index is 13.2. The molecule has 27 heavy (non-hydrogen) atoms. The van der Waals surface area contributed by atoms with E-state index >= 15 is 0 Å². The van der Waals surface area contributed by atoms with Crippen LogP contribution in [0.3, 0.4) is 0 Å². The second-order valence-electron chi connectivity index (χ2n) is 6.80. The van der Waals surface area contributed by atoms with E-state index in [4.69, 9.17) is 11.6 Å². The molecule has 2 fully saturated rings. The number of benzene rings is 1. The molecule has 2 atom stereocenters. The predicted molar refractivity (Wildman–Crippen MR) is 102 cm³/mol. The lowest BCUT2D eigenvalue weighted by Gasteiger charge is -2.27. The summed E-state index contributed by atoms with van der Waals surface area (Å²) in [5, 5.41) is 6.70. The first-order chi connectivity index (χ1) is 13.1. The molecule has 2 amide bonds. The molecule has 7 nitrogen and oxygen atoms in total. The third-order valence-electron chi connectivity index (χ3n) is 5.11. The average molecular weight is 386 g/mol. The van der Waals surface area contributed by atoms with Gasteiger partial charge in [-0.25, -0.2) is 9.97 Å². The number of amides is 2. The van der Waals surface area contributed by atoms with Crippen LogP contribution in [0.1, 0.15) is 40.2 Å². The summed E-state index contributed by atoms with van der Waals surface area (Å²) in [5.41, 5.74) is 0.712. The van der Waals surface area contributed by atoms with Crippen LogP contribution in [0.5, 0.6) is 0 Å². The Bertz CT molecular complexity index is 843. The van der Waals surface area contributed by atoms with Crippen molar-refractivity contribution in [2.75, 3.05) is 18.4 Å². The van der Waals surface area contributed by atoms with Gasteiger partial charge in [-0.15, -0.1) is 0 Å². The maximum Gasteiger partial charge on any atom is 0.276 e. The molecule has 4 rings (SSSR count). The van der Waals surface area contributed by atoms with Crippen LogP contribution in [0.25, 0.3) is 0 Å². The molecule has 0 saturated carbocycles. The Morgan fingerprint density at radius 3 is 2.52 bits per heavy atom. The van der Waals surface area contributed by atoms with E-state index in [0.717, 1.165) is 32.4 Å². The molecule has 2 aliphatic rings. The fourth-order valence-electron chi connectivity index (χ4n) is 3.82. The summed E-state index contributed by atoms with van der Waals surface area (Å²) in [6.07, 6.45) is 5.74. The minimum atomic E-state index is -0.464. The molecule has 3 heterocycles. The van der Waals surface area contributed by atoms with Crippen molar-refractivity contribution in [3.8, 4) is 0 Å². The van der Waals surface area contributed by atoms with E-state index in [1.807, 2.05) is 4.90 Å². The van der Waals surface area contributed by atoms with Gasteiger partial charge in [0.25, 0.3) is 11.8 Å². The summed E-state index contributed by atoms with van der Waals surface area (Å²) in [6.45, 7) is 1.67. The predicted octanol–water partition coefficient (Wildman–Crippen LogP) is 2.35. The van der Waals surface area contributed by atoms with Crippen LogP contribution >= 0.6 is 11.6 Å². The SMILES string of the molecule is O=C(Nc1ccc(Cl)cc1)c1nccnc1C(=O)N1C2CCNCC1CC2. The topological polar surface area (TPSA) is 87.2 Å². The van der Waals surface area contributed by atoms with Gasteiger partial charge in [-0.1, -0.05) is 11.6 Å². The number of aromatic nitrogens is 2. The van der Waals surface area contributed by atoms with E-state index in [0.29, 0.717) is 10.7 Å². The van der Waals surface area contributed by atoms with E-state index in [2.05, 4.69) is 20.6 Å². The molecule has 0 spiro atoms. The van der Waals surface area contributed by atoms with Crippen LogP contribution in [-0.4, -0.2) is 51.9 Å².